The summed E-state index contributed by atoms with van der Waals surface area (Å²) in [5.74, 6) is -8.54. The van der Waals surface area contributed by atoms with Crippen LogP contribution in [0.5, 0.6) is 0 Å². The molecule has 19 heavy (non-hydrogen) atoms. The van der Waals surface area contributed by atoms with Gasteiger partial charge in [-0.3, -0.25) is 4.79 Å². The number of alkyl halides is 5. The smallest absolute Gasteiger partial charge is 0.415 e. The molecular weight excluding hydrogens is 279 g/mol. The first-order valence-electron chi connectivity index (χ1n) is 4.85. The second kappa shape index (κ2) is 4.76. The average Bonchev–Trinajstić information content (AvgIpc) is 2.51. The van der Waals surface area contributed by atoms with Gasteiger partial charge in [0.15, 0.2) is 5.76 Å². The van der Waals surface area contributed by atoms with Crippen LogP contribution in [0.4, 0.5) is 22.0 Å². The van der Waals surface area contributed by atoms with E-state index >= 15 is 0 Å². The highest BCUT2D eigenvalue weighted by molar-refractivity contribution is 5.94. The summed E-state index contributed by atoms with van der Waals surface area (Å²) < 4.78 is 65.3. The molecule has 0 saturated carbocycles. The van der Waals surface area contributed by atoms with Crippen LogP contribution in [0, 0.1) is 0 Å². The largest absolute Gasteiger partial charge is 0.491 e. The maximum atomic E-state index is 13.0. The molecule has 2 N–H and O–H groups in total. The number of nitrogens with zero attached hydrogens (tertiary/aromatic N) is 1. The SMILES string of the molecule is C=C(OC(=O)C(F)(F)F)C(=O)N1CC(N)C(F)(F)C1. The molecule has 0 aromatic rings. The first-order chi connectivity index (χ1) is 8.45. The van der Waals surface area contributed by atoms with Crippen LogP contribution in [0.3, 0.4) is 0 Å². The minimum absolute atomic E-state index is 0.469. The summed E-state index contributed by atoms with van der Waals surface area (Å²) in [4.78, 5) is 22.3. The van der Waals surface area contributed by atoms with Crippen LogP contribution in [0.25, 0.3) is 0 Å². The Bertz CT molecular complexity index is 421. The molecule has 1 amide bonds. The number of likely N-dealkylation sites (tertiary alicyclic amines) is 1. The van der Waals surface area contributed by atoms with E-state index in [9.17, 15) is 31.5 Å². The van der Waals surface area contributed by atoms with Crippen LogP contribution < -0.4 is 5.73 Å². The molecule has 0 spiro atoms. The van der Waals surface area contributed by atoms with Gasteiger partial charge in [0.1, 0.15) is 0 Å². The molecule has 0 bridgehead atoms. The number of rotatable bonds is 2. The molecule has 5 nitrogen and oxygen atoms in total. The third-order valence-corrected chi connectivity index (χ3v) is 2.33. The molecule has 1 aliphatic rings. The topological polar surface area (TPSA) is 72.6 Å². The Morgan fingerprint density at radius 1 is 1.37 bits per heavy atom. The number of nitrogens with two attached hydrogens (primary N) is 1. The molecule has 1 atom stereocenters. The third kappa shape index (κ3) is 3.40. The van der Waals surface area contributed by atoms with Crippen molar-refractivity contribution in [3.05, 3.63) is 12.3 Å². The number of amides is 1. The highest BCUT2D eigenvalue weighted by Crippen LogP contribution is 2.27. The summed E-state index contributed by atoms with van der Waals surface area (Å²) in [6.07, 6.45) is -5.31. The van der Waals surface area contributed by atoms with Crippen molar-refractivity contribution in [2.24, 2.45) is 5.73 Å². The van der Waals surface area contributed by atoms with E-state index in [0.29, 0.717) is 4.90 Å². The van der Waals surface area contributed by atoms with Gasteiger partial charge >= 0.3 is 12.1 Å². The van der Waals surface area contributed by atoms with Gasteiger partial charge in [0, 0.05) is 6.54 Å². The van der Waals surface area contributed by atoms with Crippen LogP contribution in [-0.4, -0.2) is 48.0 Å². The predicted octanol–water partition coefficient (Wildman–Crippen LogP) is 0.410. The second-order valence-electron chi connectivity index (χ2n) is 3.86. The van der Waals surface area contributed by atoms with Crippen molar-refractivity contribution < 1.29 is 36.3 Å². The van der Waals surface area contributed by atoms with Gasteiger partial charge in [0.2, 0.25) is 0 Å². The fourth-order valence-corrected chi connectivity index (χ4v) is 1.35. The average molecular weight is 288 g/mol. The number of carbonyl (C=O) groups is 2. The highest BCUT2D eigenvalue weighted by atomic mass is 19.4. The Balaban J connectivity index is 2.65. The molecule has 10 heteroatoms. The van der Waals surface area contributed by atoms with E-state index < -0.39 is 48.9 Å². The lowest BCUT2D eigenvalue weighted by molar-refractivity contribution is -0.196. The standard InChI is InChI=1S/C9H9F5N2O3/c1-4(19-7(18)9(12,13)14)6(17)16-2-5(15)8(10,11)3-16/h5H,1-3,15H2. The molecule has 1 aliphatic heterocycles. The molecule has 0 aromatic carbocycles. The molecule has 1 rings (SSSR count). The summed E-state index contributed by atoms with van der Waals surface area (Å²) in [5.41, 5.74) is 5.05. The Morgan fingerprint density at radius 3 is 2.26 bits per heavy atom. The third-order valence-electron chi connectivity index (χ3n) is 2.33. The maximum absolute atomic E-state index is 13.0. The minimum Gasteiger partial charge on any atom is -0.415 e. The Kier molecular flexibility index (Phi) is 3.84. The summed E-state index contributed by atoms with van der Waals surface area (Å²) in [5, 5.41) is 0. The summed E-state index contributed by atoms with van der Waals surface area (Å²) in [6.45, 7) is 1.16. The van der Waals surface area contributed by atoms with E-state index in [1.807, 2.05) is 0 Å². The fourth-order valence-electron chi connectivity index (χ4n) is 1.35. The molecule has 1 heterocycles. The van der Waals surface area contributed by atoms with Gasteiger partial charge in [-0.1, -0.05) is 6.58 Å². The van der Waals surface area contributed by atoms with Crippen molar-refractivity contribution in [1.82, 2.24) is 4.90 Å². The van der Waals surface area contributed by atoms with Crippen LogP contribution in [0.1, 0.15) is 0 Å². The Labute approximate surface area is 103 Å². The number of esters is 1. The van der Waals surface area contributed by atoms with Crippen LogP contribution in [0.15, 0.2) is 12.3 Å². The highest BCUT2D eigenvalue weighted by Gasteiger charge is 2.49. The molecule has 108 valence electrons. The first-order valence-corrected chi connectivity index (χ1v) is 4.85. The van der Waals surface area contributed by atoms with Crippen LogP contribution in [0.2, 0.25) is 0 Å². The maximum Gasteiger partial charge on any atom is 0.491 e. The number of hydrogen-bond donors (Lipinski definition) is 1. The van der Waals surface area contributed by atoms with E-state index in [4.69, 9.17) is 5.73 Å². The number of hydrogen-bond acceptors (Lipinski definition) is 4. The summed E-state index contributed by atoms with van der Waals surface area (Å²) in [7, 11) is 0. The molecule has 1 fully saturated rings. The summed E-state index contributed by atoms with van der Waals surface area (Å²) in [6, 6.07) is -1.64. The van der Waals surface area contributed by atoms with Gasteiger partial charge in [-0.25, -0.2) is 13.6 Å². The lowest BCUT2D eigenvalue weighted by atomic mass is 10.2. The van der Waals surface area contributed by atoms with Gasteiger partial charge in [-0.15, -0.1) is 0 Å². The number of carbonyl (C=O) groups excluding carboxylic acids is 2. The van der Waals surface area contributed by atoms with Crippen molar-refractivity contribution in [3.63, 3.8) is 0 Å². The fraction of sp³-hybridized carbons (Fsp3) is 0.556. The van der Waals surface area contributed by atoms with Crippen molar-refractivity contribution in [3.8, 4) is 0 Å². The molecule has 0 radical (unpaired) electrons. The first kappa shape index (κ1) is 15.3. The Hall–Kier alpha value is -1.71. The van der Waals surface area contributed by atoms with Gasteiger partial charge in [-0.05, 0) is 0 Å². The molecule has 1 unspecified atom stereocenters. The molecule has 0 aromatic heterocycles. The van der Waals surface area contributed by atoms with Crippen LogP contribution >= 0.6 is 0 Å². The van der Waals surface area contributed by atoms with E-state index in [-0.39, 0.29) is 0 Å². The lowest BCUT2D eigenvalue weighted by Crippen LogP contribution is -2.38. The molecule has 0 aliphatic carbocycles. The zero-order valence-corrected chi connectivity index (χ0v) is 9.34. The lowest BCUT2D eigenvalue weighted by Gasteiger charge is -2.17. The predicted molar refractivity (Wildman–Crippen MR) is 50.8 cm³/mol. The van der Waals surface area contributed by atoms with Crippen molar-refractivity contribution in [2.75, 3.05) is 13.1 Å². The van der Waals surface area contributed by atoms with E-state index in [1.165, 1.54) is 0 Å². The summed E-state index contributed by atoms with van der Waals surface area (Å²) >= 11 is 0. The van der Waals surface area contributed by atoms with Crippen molar-refractivity contribution in [1.29, 1.82) is 0 Å². The van der Waals surface area contributed by atoms with Gasteiger partial charge in [0.05, 0.1) is 12.6 Å². The monoisotopic (exact) mass is 288 g/mol. The van der Waals surface area contributed by atoms with Crippen molar-refractivity contribution in [2.45, 2.75) is 18.1 Å². The zero-order valence-electron chi connectivity index (χ0n) is 9.34. The second-order valence-corrected chi connectivity index (χ2v) is 3.86. The Morgan fingerprint density at radius 2 is 1.89 bits per heavy atom. The normalized spacial score (nSPS) is 22.2. The van der Waals surface area contributed by atoms with E-state index in [1.54, 1.807) is 0 Å². The number of ether oxygens (including phenoxy) is 1. The number of halogens is 5. The van der Waals surface area contributed by atoms with Gasteiger partial charge < -0.3 is 15.4 Å². The zero-order chi connectivity index (χ0) is 15.0. The molecular formula is C9H9F5N2O3. The van der Waals surface area contributed by atoms with Crippen LogP contribution in [-0.2, 0) is 14.3 Å². The molecule has 1 saturated heterocycles. The quantitative estimate of drug-likeness (QED) is 0.346. The van der Waals surface area contributed by atoms with E-state index in [0.717, 1.165) is 0 Å². The van der Waals surface area contributed by atoms with Gasteiger partial charge in [-0.2, -0.15) is 13.2 Å². The minimum atomic E-state index is -5.31. The van der Waals surface area contributed by atoms with E-state index in [2.05, 4.69) is 11.3 Å². The van der Waals surface area contributed by atoms with Gasteiger partial charge in [0.25, 0.3) is 11.8 Å². The van der Waals surface area contributed by atoms with Crippen molar-refractivity contribution >= 4 is 11.9 Å².